The Morgan fingerprint density at radius 1 is 0.385 bits per heavy atom. The fourth-order valence-corrected chi connectivity index (χ4v) is 13.5. The monoisotopic (exact) mass is 1820 g/mol. The molecule has 130 heavy (non-hydrogen) atoms. The van der Waals surface area contributed by atoms with E-state index in [9.17, 15) is 28.0 Å². The maximum atomic E-state index is 15.5. The fourth-order valence-electron chi connectivity index (χ4n) is 13.0. The molecular weight excluding hydrogens is 1750 g/mol. The zero-order valence-corrected chi connectivity index (χ0v) is 71.7. The van der Waals surface area contributed by atoms with E-state index >= 15 is 17.6 Å². The van der Waals surface area contributed by atoms with Gasteiger partial charge >= 0.3 is 24.1 Å². The largest absolute Gasteiger partial charge is 0.368 e. The van der Waals surface area contributed by atoms with Gasteiger partial charge in [0.15, 0.2) is 23.3 Å². The third-order valence-corrected chi connectivity index (χ3v) is 20.1. The number of nitrogens with one attached hydrogen (secondary N) is 9. The standard InChI is InChI=1S/C23H22FN7O.C22H20Cl2FN7O.C22H18ClF2N7O.C22H19F2N7O/c1-3-31-13-17(21(30-31)19-10-11-26-22(25)28-19)16-8-5-9-18(20(16)24)29-23(32)27-15-7-4-6-14(2)12-15;1-2-32-11-14(20(31-32)18-8-9-27-21(26)29-18)13-4-3-5-17(19(13)25)30-22(33)28-12-6-7-15(23)16(24)10-12;1-2-32-11-14(20(31-32)18-8-9-27-21(26)28-18)13-4-3-5-17(19(13)25)30-22(33)29-16-7-6-12(23)10-15(16)24;1-2-31-12-16(20(30-31)18-10-11-26-21(25)28-18)15-4-3-5-17(19(15)24)29-22(32)27-14-8-6-13(23)7-9-14/h4-13H,3H2,1-2H3,(H2,25,26,28)(H2,27,29,32);3-11,20,31H,2H2,1H3,(H2,26,27,29)(H2,28,30,33);3-11H,2H2,1H3,(H2,26,27,28)(H2,29,30,33);3-12H,2H2,1H3,(H2,25,26,28)(H2,27,29,32). The van der Waals surface area contributed by atoms with Crippen molar-refractivity contribution in [1.82, 2.24) is 79.6 Å². The van der Waals surface area contributed by atoms with Crippen molar-refractivity contribution in [3.8, 4) is 67.5 Å². The number of amides is 8. The van der Waals surface area contributed by atoms with Crippen LogP contribution in [0.5, 0.6) is 0 Å². The van der Waals surface area contributed by atoms with E-state index in [1.807, 2.05) is 57.8 Å². The smallest absolute Gasteiger partial charge is 0.323 e. The lowest BCUT2D eigenvalue weighted by Crippen LogP contribution is -2.31. The number of urea groups is 4. The first-order valence-electron chi connectivity index (χ1n) is 39.6. The molecular formula is C89H79Cl3F6N28O4. The Kier molecular flexibility index (Phi) is 29.5. The van der Waals surface area contributed by atoms with Gasteiger partial charge in [-0.15, -0.1) is 0 Å². The van der Waals surface area contributed by atoms with Crippen molar-refractivity contribution < 1.29 is 45.5 Å². The summed E-state index contributed by atoms with van der Waals surface area (Å²) in [4.78, 5) is 82.0. The van der Waals surface area contributed by atoms with E-state index in [-0.39, 0.29) is 73.9 Å². The predicted octanol–water partition coefficient (Wildman–Crippen LogP) is 19.5. The Labute approximate surface area is 753 Å². The van der Waals surface area contributed by atoms with Crippen LogP contribution in [0.2, 0.25) is 15.1 Å². The Hall–Kier alpha value is -16.1. The number of rotatable bonds is 20. The van der Waals surface area contributed by atoms with Crippen molar-refractivity contribution >= 4 is 134 Å². The van der Waals surface area contributed by atoms with Crippen LogP contribution >= 0.6 is 34.8 Å². The van der Waals surface area contributed by atoms with Crippen molar-refractivity contribution in [3.63, 3.8) is 0 Å². The highest BCUT2D eigenvalue weighted by Gasteiger charge is 2.31. The maximum Gasteiger partial charge on any atom is 0.323 e. The number of anilines is 12. The summed E-state index contributed by atoms with van der Waals surface area (Å²) >= 11 is 17.6. The molecule has 41 heteroatoms. The molecule has 0 saturated heterocycles. The molecule has 7 aromatic heterocycles. The SMILES string of the molecule is CCN1C=C(c2cccc(NC(=O)Nc3ccc(Cl)c(Cl)c3)c2F)C(c2ccnc(N)n2)N1.CCn1cc(-c2cccc(NC(=O)Nc3ccc(Cl)cc3F)c2F)c(-c2ccnc(N)n2)n1.CCn1cc(-c2cccc(NC(=O)Nc3ccc(F)cc3)c2F)c(-c2ccnc(N)n2)n1.CCn1cc(-c2cccc(NC(=O)Nc3cccc(C)c3)c2F)c(-c2ccnc(N)n2)n1. The number of benzene rings is 8. The van der Waals surface area contributed by atoms with Crippen molar-refractivity contribution in [2.45, 2.75) is 60.3 Å². The highest BCUT2D eigenvalue weighted by atomic mass is 35.5. The molecule has 662 valence electrons. The number of nitrogen functional groups attached to an aromatic ring is 4. The van der Waals surface area contributed by atoms with Crippen molar-refractivity contribution in [1.29, 1.82) is 0 Å². The third-order valence-electron chi connectivity index (χ3n) is 19.1. The predicted molar refractivity (Wildman–Crippen MR) is 491 cm³/mol. The van der Waals surface area contributed by atoms with Gasteiger partial charge in [0.1, 0.15) is 28.7 Å². The fraction of sp³-hybridized carbons (Fsp3) is 0.112. The molecule has 1 aliphatic rings. The average molecular weight is 1830 g/mol. The molecule has 0 radical (unpaired) electrons. The number of carbonyl (C=O) groups is 4. The third kappa shape index (κ3) is 22.8. The molecule has 0 aliphatic carbocycles. The first kappa shape index (κ1) is 91.6. The normalized spacial score (nSPS) is 11.9. The van der Waals surface area contributed by atoms with Gasteiger partial charge in [-0.05, 0) is 162 Å². The highest BCUT2D eigenvalue weighted by molar-refractivity contribution is 6.42. The molecule has 0 bridgehead atoms. The second-order valence-corrected chi connectivity index (χ2v) is 29.3. The molecule has 8 heterocycles. The van der Waals surface area contributed by atoms with Crippen molar-refractivity contribution in [2.24, 2.45) is 0 Å². The Bertz CT molecular complexity index is 6730. The molecule has 8 aromatic carbocycles. The number of aryl methyl sites for hydroxylation is 4. The zero-order valence-electron chi connectivity index (χ0n) is 69.4. The molecule has 8 amide bonds. The van der Waals surface area contributed by atoms with Gasteiger partial charge in [0.2, 0.25) is 23.8 Å². The molecule has 1 atom stereocenters. The van der Waals surface area contributed by atoms with Crippen LogP contribution in [0.4, 0.5) is 115 Å². The van der Waals surface area contributed by atoms with Crippen LogP contribution in [0.15, 0.2) is 232 Å². The molecule has 0 saturated carbocycles. The first-order chi connectivity index (χ1) is 62.6. The summed E-state index contributed by atoms with van der Waals surface area (Å²) in [5, 5.41) is 36.3. The van der Waals surface area contributed by atoms with Crippen LogP contribution in [-0.2, 0) is 19.6 Å². The van der Waals surface area contributed by atoms with Gasteiger partial charge in [-0.3, -0.25) is 14.0 Å². The van der Waals surface area contributed by atoms with Crippen LogP contribution < -0.4 is 70.9 Å². The van der Waals surface area contributed by atoms with Crippen LogP contribution in [0.1, 0.15) is 50.6 Å². The molecule has 17 N–H and O–H groups in total. The van der Waals surface area contributed by atoms with Gasteiger partial charge in [0.05, 0.1) is 67.3 Å². The van der Waals surface area contributed by atoms with E-state index < -0.39 is 65.1 Å². The van der Waals surface area contributed by atoms with Crippen molar-refractivity contribution in [2.75, 3.05) is 72.0 Å². The summed E-state index contributed by atoms with van der Waals surface area (Å²) in [6.45, 7) is 11.9. The summed E-state index contributed by atoms with van der Waals surface area (Å²) in [6.07, 6.45) is 13.0. The summed E-state index contributed by atoms with van der Waals surface area (Å²) in [6, 6.07) is 43.3. The molecule has 1 aliphatic heterocycles. The molecule has 32 nitrogen and oxygen atoms in total. The molecule has 0 spiro atoms. The number of carbonyl (C=O) groups excluding carboxylic acids is 4. The van der Waals surface area contributed by atoms with Gasteiger partial charge in [0.25, 0.3) is 0 Å². The lowest BCUT2D eigenvalue weighted by atomic mass is 9.97. The minimum Gasteiger partial charge on any atom is -0.368 e. The second-order valence-electron chi connectivity index (χ2n) is 28.0. The first-order valence-corrected chi connectivity index (χ1v) is 40.7. The number of halogens is 9. The Morgan fingerprint density at radius 2 is 0.769 bits per heavy atom. The molecule has 16 rings (SSSR count). The van der Waals surface area contributed by atoms with E-state index in [0.717, 1.165) is 11.6 Å². The van der Waals surface area contributed by atoms with Gasteiger partial charge in [-0.2, -0.15) is 15.3 Å². The maximum absolute atomic E-state index is 15.5. The van der Waals surface area contributed by atoms with E-state index in [0.29, 0.717) is 121 Å². The van der Waals surface area contributed by atoms with E-state index in [1.165, 1.54) is 85.3 Å². The summed E-state index contributed by atoms with van der Waals surface area (Å²) in [7, 11) is 0. The highest BCUT2D eigenvalue weighted by Crippen LogP contribution is 2.41. The van der Waals surface area contributed by atoms with Gasteiger partial charge in [-0.25, -0.2) is 90.8 Å². The number of hydrogen-bond acceptors (Lipinski definition) is 21. The second kappa shape index (κ2) is 41.8. The van der Waals surface area contributed by atoms with E-state index in [4.69, 9.17) is 57.7 Å². The molecule has 15 aromatic rings. The van der Waals surface area contributed by atoms with Gasteiger partial charge in [-0.1, -0.05) is 95.5 Å². The van der Waals surface area contributed by atoms with Crippen LogP contribution in [-0.4, -0.2) is 105 Å². The molecule has 0 fully saturated rings. The lowest BCUT2D eigenvalue weighted by molar-refractivity contribution is 0.261. The topological polar surface area (TPSA) is 440 Å². The van der Waals surface area contributed by atoms with E-state index in [1.54, 1.807) is 136 Å². The minimum atomic E-state index is -0.819. The van der Waals surface area contributed by atoms with Crippen molar-refractivity contribution in [3.05, 3.63) is 298 Å². The van der Waals surface area contributed by atoms with Crippen LogP contribution in [0, 0.1) is 41.8 Å². The zero-order chi connectivity index (χ0) is 92.4. The number of nitrogens with zero attached hydrogens (tertiary/aromatic N) is 15. The number of hydrazine groups is 1. The summed E-state index contributed by atoms with van der Waals surface area (Å²) < 4.78 is 93.8. The Morgan fingerprint density at radius 3 is 1.18 bits per heavy atom. The summed E-state index contributed by atoms with van der Waals surface area (Å²) in [5.41, 5.74) is 34.8. The van der Waals surface area contributed by atoms with Gasteiger partial charge in [0, 0.05) is 142 Å². The summed E-state index contributed by atoms with van der Waals surface area (Å²) in [5.74, 6) is -3.27. The average Bonchev–Trinajstić information content (AvgIpc) is 1.63. The van der Waals surface area contributed by atoms with Crippen LogP contribution in [0.25, 0.3) is 73.1 Å². The minimum absolute atomic E-state index is 0.0156. The van der Waals surface area contributed by atoms with Crippen LogP contribution in [0.3, 0.4) is 0 Å². The number of aromatic nitrogens is 14. The number of hydrogen-bond donors (Lipinski definition) is 13. The lowest BCUT2D eigenvalue weighted by Gasteiger charge is -2.19. The molecule has 1 unspecified atom stereocenters. The quantitative estimate of drug-likeness (QED) is 0.0315. The van der Waals surface area contributed by atoms with Gasteiger partial charge < -0.3 is 70.5 Å². The number of nitrogens with two attached hydrogens (primary N) is 4. The van der Waals surface area contributed by atoms with E-state index in [2.05, 4.69) is 103 Å². The Balaban J connectivity index is 0.000000148.